The predicted molar refractivity (Wildman–Crippen MR) is 124 cm³/mol. The van der Waals surface area contributed by atoms with Gasteiger partial charge in [0.2, 0.25) is 0 Å². The zero-order valence-electron chi connectivity index (χ0n) is 20.3. The van der Waals surface area contributed by atoms with Crippen LogP contribution in [0.4, 0.5) is 0 Å². The van der Waals surface area contributed by atoms with E-state index in [-0.39, 0.29) is 31.0 Å². The molecule has 9 nitrogen and oxygen atoms in total. The van der Waals surface area contributed by atoms with Crippen LogP contribution in [0, 0.1) is 0 Å². The van der Waals surface area contributed by atoms with Crippen LogP contribution < -0.4 is 9.47 Å². The van der Waals surface area contributed by atoms with Crippen molar-refractivity contribution in [3.05, 3.63) is 41.5 Å². The zero-order chi connectivity index (χ0) is 24.7. The molecular formula is C25H34O9. The maximum absolute atomic E-state index is 13.2. The number of rotatable bonds is 6. The van der Waals surface area contributed by atoms with Crippen LogP contribution in [0.3, 0.4) is 0 Å². The molecule has 1 aromatic carbocycles. The van der Waals surface area contributed by atoms with Crippen molar-refractivity contribution in [2.45, 2.75) is 63.8 Å². The van der Waals surface area contributed by atoms with Gasteiger partial charge in [0.25, 0.3) is 0 Å². The quantitative estimate of drug-likeness (QED) is 0.374. The predicted octanol–water partition coefficient (Wildman–Crippen LogP) is 3.44. The van der Waals surface area contributed by atoms with Crippen LogP contribution in [0.2, 0.25) is 0 Å². The van der Waals surface area contributed by atoms with Gasteiger partial charge in [0.05, 0.1) is 6.10 Å². The van der Waals surface area contributed by atoms with Crippen molar-refractivity contribution in [3.63, 3.8) is 0 Å². The minimum atomic E-state index is -0.860. The maximum Gasteiger partial charge on any atom is 0.342 e. The first-order valence-electron chi connectivity index (χ1n) is 11.2. The van der Waals surface area contributed by atoms with Crippen LogP contribution in [0.15, 0.2) is 30.4 Å². The van der Waals surface area contributed by atoms with E-state index >= 15 is 0 Å². The van der Waals surface area contributed by atoms with E-state index in [9.17, 15) is 9.90 Å². The van der Waals surface area contributed by atoms with Crippen molar-refractivity contribution in [2.24, 2.45) is 0 Å². The van der Waals surface area contributed by atoms with Crippen molar-refractivity contribution < 1.29 is 43.1 Å². The van der Waals surface area contributed by atoms with Crippen LogP contribution in [0.1, 0.15) is 49.5 Å². The molecule has 0 aliphatic carbocycles. The molecule has 1 N–H and O–H groups in total. The summed E-state index contributed by atoms with van der Waals surface area (Å²) >= 11 is 0. The summed E-state index contributed by atoms with van der Waals surface area (Å²) in [5.41, 5.74) is 0.797. The molecule has 1 fully saturated rings. The largest absolute Gasteiger partial charge is 0.467 e. The van der Waals surface area contributed by atoms with Gasteiger partial charge in [-0.25, -0.2) is 4.79 Å². The first-order chi connectivity index (χ1) is 16.2. The Labute approximate surface area is 200 Å². The molecule has 0 amide bonds. The second-order valence-electron chi connectivity index (χ2n) is 8.63. The summed E-state index contributed by atoms with van der Waals surface area (Å²) in [6.07, 6.45) is 5.72. The molecule has 0 aromatic heterocycles. The molecule has 0 spiro atoms. The molecular weight excluding hydrogens is 444 g/mol. The lowest BCUT2D eigenvalue weighted by Crippen LogP contribution is -2.34. The molecule has 2 heterocycles. The third-order valence-corrected chi connectivity index (χ3v) is 5.32. The van der Waals surface area contributed by atoms with E-state index in [1.807, 2.05) is 19.9 Å². The summed E-state index contributed by atoms with van der Waals surface area (Å²) in [4.78, 5) is 13.2. The fraction of sp³-hybridized carbons (Fsp3) is 0.560. The highest BCUT2D eigenvalue weighted by Gasteiger charge is 2.43. The van der Waals surface area contributed by atoms with Crippen LogP contribution >= 0.6 is 0 Å². The number of hydrogen-bond acceptors (Lipinski definition) is 9. The minimum absolute atomic E-state index is 0.0297. The van der Waals surface area contributed by atoms with Gasteiger partial charge in [-0.05, 0) is 38.8 Å². The second kappa shape index (κ2) is 11.8. The third-order valence-electron chi connectivity index (χ3n) is 5.32. The van der Waals surface area contributed by atoms with Crippen molar-refractivity contribution in [1.82, 2.24) is 0 Å². The first kappa shape index (κ1) is 26.2. The Morgan fingerprint density at radius 3 is 2.53 bits per heavy atom. The Morgan fingerprint density at radius 1 is 1.06 bits per heavy atom. The van der Waals surface area contributed by atoms with Crippen molar-refractivity contribution in [1.29, 1.82) is 0 Å². The Morgan fingerprint density at radius 2 is 1.79 bits per heavy atom. The van der Waals surface area contributed by atoms with Gasteiger partial charge < -0.3 is 38.3 Å². The van der Waals surface area contributed by atoms with Gasteiger partial charge in [-0.1, -0.05) is 24.3 Å². The number of cyclic esters (lactones) is 1. The second-order valence-corrected chi connectivity index (χ2v) is 8.63. The normalized spacial score (nSPS) is 26.8. The Bertz CT molecular complexity index is 893. The summed E-state index contributed by atoms with van der Waals surface area (Å²) in [5, 5.41) is 10.7. The monoisotopic (exact) mass is 478 g/mol. The van der Waals surface area contributed by atoms with E-state index in [2.05, 4.69) is 0 Å². The lowest BCUT2D eigenvalue weighted by molar-refractivity contribution is -0.152. The smallest absolute Gasteiger partial charge is 0.342 e. The highest BCUT2D eigenvalue weighted by Crippen LogP contribution is 2.34. The fourth-order valence-corrected chi connectivity index (χ4v) is 3.88. The molecule has 9 heteroatoms. The van der Waals surface area contributed by atoms with Crippen LogP contribution in [-0.4, -0.2) is 69.1 Å². The van der Waals surface area contributed by atoms with E-state index < -0.39 is 30.1 Å². The number of aliphatic hydroxyl groups is 1. The van der Waals surface area contributed by atoms with Crippen molar-refractivity contribution >= 4 is 12.0 Å². The zero-order valence-corrected chi connectivity index (χ0v) is 20.3. The molecule has 0 saturated carbocycles. The van der Waals surface area contributed by atoms with Crippen LogP contribution in [0.25, 0.3) is 6.08 Å². The molecule has 3 rings (SSSR count). The summed E-state index contributed by atoms with van der Waals surface area (Å²) in [7, 11) is 3.01. The van der Waals surface area contributed by atoms with Crippen LogP contribution in [-0.2, 0) is 23.7 Å². The number of methoxy groups -OCH3 is 2. The van der Waals surface area contributed by atoms with Crippen LogP contribution in [0.5, 0.6) is 11.5 Å². The molecule has 2 aliphatic rings. The highest BCUT2D eigenvalue weighted by atomic mass is 16.8. The number of esters is 1. The number of hydrogen-bond donors (Lipinski definition) is 1. The maximum atomic E-state index is 13.2. The molecule has 188 valence electrons. The molecule has 0 bridgehead atoms. The van der Waals surface area contributed by atoms with E-state index in [4.69, 9.17) is 33.2 Å². The number of ether oxygens (including phenoxy) is 7. The minimum Gasteiger partial charge on any atom is -0.467 e. The number of aliphatic hydroxyl groups excluding tert-OH is 1. The van der Waals surface area contributed by atoms with Gasteiger partial charge in [-0.3, -0.25) is 0 Å². The van der Waals surface area contributed by atoms with Gasteiger partial charge in [0.15, 0.2) is 19.4 Å². The average Bonchev–Trinajstić information content (AvgIpc) is 3.09. The molecule has 34 heavy (non-hydrogen) atoms. The molecule has 1 saturated heterocycles. The number of benzene rings is 1. The standard InChI is InChI=1S/C25H34O9/c1-16-8-6-10-19(26)23-20(33-25(2,3)34-23)11-7-9-17-12-18(30-14-28-4)13-21(31-15-29-5)22(17)24(27)32-16/h6-7,9-10,12-13,16,19-20,23,26H,8,11,14-15H2,1-5H3/t16-,19?,20+,23-/m0/s1. The summed E-state index contributed by atoms with van der Waals surface area (Å²) < 4.78 is 39.0. The van der Waals surface area contributed by atoms with Gasteiger partial charge in [0, 0.05) is 26.7 Å². The van der Waals surface area contributed by atoms with Crippen molar-refractivity contribution in [2.75, 3.05) is 27.8 Å². The summed E-state index contributed by atoms with van der Waals surface area (Å²) in [5.74, 6) is -0.638. The first-order valence-corrected chi connectivity index (χ1v) is 11.2. The molecule has 1 aromatic rings. The van der Waals surface area contributed by atoms with Gasteiger partial charge in [-0.15, -0.1) is 0 Å². The Kier molecular flexibility index (Phi) is 9.10. The molecule has 4 atom stereocenters. The lowest BCUT2D eigenvalue weighted by atomic mass is 10.0. The average molecular weight is 479 g/mol. The number of fused-ring (bicyclic) bond motifs is 2. The number of carbonyl (C=O) groups excluding carboxylic acids is 1. The topological polar surface area (TPSA) is 102 Å². The van der Waals surface area contributed by atoms with Crippen molar-refractivity contribution in [3.8, 4) is 11.5 Å². The van der Waals surface area contributed by atoms with Gasteiger partial charge in [-0.2, -0.15) is 0 Å². The van der Waals surface area contributed by atoms with Gasteiger partial charge >= 0.3 is 5.97 Å². The Balaban J connectivity index is 2.03. The molecule has 2 aliphatic heterocycles. The van der Waals surface area contributed by atoms with Gasteiger partial charge in [0.1, 0.15) is 35.4 Å². The third kappa shape index (κ3) is 6.80. The van der Waals surface area contributed by atoms with E-state index in [0.717, 1.165) is 0 Å². The molecule has 0 radical (unpaired) electrons. The molecule has 1 unspecified atom stereocenters. The SMILES string of the molecule is COCOc1cc2c(c(OCOC)c1)C(=O)O[C@@H](C)CC=CC(O)[C@@H]1OC(C)(C)O[C@@H]1CC=C2. The lowest BCUT2D eigenvalue weighted by Gasteiger charge is -2.21. The fourth-order valence-electron chi connectivity index (χ4n) is 3.88. The summed E-state index contributed by atoms with van der Waals surface area (Å²) in [6, 6.07) is 3.31. The van der Waals surface area contributed by atoms with E-state index in [1.54, 1.807) is 37.3 Å². The highest BCUT2D eigenvalue weighted by molar-refractivity contribution is 5.97. The Hall–Kier alpha value is -2.43. The number of carbonyl (C=O) groups is 1. The van der Waals surface area contributed by atoms with E-state index in [1.165, 1.54) is 14.2 Å². The van der Waals surface area contributed by atoms with E-state index in [0.29, 0.717) is 24.2 Å². The summed E-state index contributed by atoms with van der Waals surface area (Å²) in [6.45, 7) is 5.39.